The molecule has 1 fully saturated rings. The third-order valence-corrected chi connectivity index (χ3v) is 2.09. The minimum absolute atomic E-state index is 0.465. The fourth-order valence-corrected chi connectivity index (χ4v) is 1.22. The maximum absolute atomic E-state index is 5.66. The Balaban J connectivity index is 2.19. The predicted octanol–water partition coefficient (Wildman–Crippen LogP) is 0.829. The highest BCUT2D eigenvalue weighted by atomic mass is 31.0. The summed E-state index contributed by atoms with van der Waals surface area (Å²) < 4.78 is 2.24. The van der Waals surface area contributed by atoms with Crippen LogP contribution in [0.5, 0.6) is 0 Å². The number of hydrogen-bond donors (Lipinski definition) is 0. The summed E-state index contributed by atoms with van der Waals surface area (Å²) in [6.45, 7) is 2.29. The van der Waals surface area contributed by atoms with E-state index in [4.69, 9.17) is 7.85 Å². The molecule has 1 heterocycles. The van der Waals surface area contributed by atoms with E-state index in [0.717, 1.165) is 25.9 Å². The Kier molecular flexibility index (Phi) is 2.33. The van der Waals surface area contributed by atoms with Gasteiger partial charge in [0, 0.05) is 13.1 Å². The first-order chi connectivity index (χ1) is 3.79. The Labute approximate surface area is 54.5 Å². The molecule has 0 N–H and O–H groups in total. The van der Waals surface area contributed by atoms with Crippen molar-refractivity contribution in [2.24, 2.45) is 0 Å². The first kappa shape index (κ1) is 6.57. The molecule has 1 atom stereocenters. The second-order valence-electron chi connectivity index (χ2n) is 2.37. The van der Waals surface area contributed by atoms with E-state index in [1.807, 2.05) is 0 Å². The highest BCUT2D eigenvalue weighted by molar-refractivity contribution is 7.13. The molecule has 0 bridgehead atoms. The topological polar surface area (TPSA) is 3.24 Å². The molecule has 0 saturated carbocycles. The van der Waals surface area contributed by atoms with E-state index in [0.29, 0.717) is 5.82 Å². The zero-order valence-electron chi connectivity index (χ0n) is 5.01. The zero-order valence-corrected chi connectivity index (χ0v) is 6.16. The standard InChI is InChI=1S/C5H11BNP/c6-5-1-3-7(8)4-2-5/h5H,1-4,8H2. The van der Waals surface area contributed by atoms with Crippen LogP contribution in [0.25, 0.3) is 0 Å². The van der Waals surface area contributed by atoms with E-state index in [1.54, 1.807) is 0 Å². The number of rotatable bonds is 0. The van der Waals surface area contributed by atoms with Crippen LogP contribution in [-0.4, -0.2) is 25.6 Å². The molecule has 1 saturated heterocycles. The molecule has 1 aliphatic heterocycles. The van der Waals surface area contributed by atoms with Crippen molar-refractivity contribution in [1.82, 2.24) is 4.67 Å². The van der Waals surface area contributed by atoms with Crippen molar-refractivity contribution >= 4 is 17.2 Å². The van der Waals surface area contributed by atoms with Crippen LogP contribution in [0.1, 0.15) is 12.8 Å². The van der Waals surface area contributed by atoms with Gasteiger partial charge in [-0.05, 0) is 12.8 Å². The molecule has 2 radical (unpaired) electrons. The van der Waals surface area contributed by atoms with Crippen LogP contribution in [-0.2, 0) is 0 Å². The lowest BCUT2D eigenvalue weighted by Crippen LogP contribution is -2.22. The second kappa shape index (κ2) is 2.84. The minimum atomic E-state index is 0.465. The molecule has 1 nitrogen and oxygen atoms in total. The Morgan fingerprint density at radius 2 is 1.88 bits per heavy atom. The van der Waals surface area contributed by atoms with Crippen LogP contribution in [0.2, 0.25) is 5.82 Å². The highest BCUT2D eigenvalue weighted by Crippen LogP contribution is 2.20. The first-order valence-corrected chi connectivity index (χ1v) is 3.56. The summed E-state index contributed by atoms with van der Waals surface area (Å²) in [7, 11) is 8.36. The van der Waals surface area contributed by atoms with Crippen molar-refractivity contribution in [3.63, 3.8) is 0 Å². The normalized spacial score (nSPS) is 26.1. The van der Waals surface area contributed by atoms with Crippen molar-refractivity contribution in [3.05, 3.63) is 0 Å². The average molecular weight is 127 g/mol. The molecule has 1 unspecified atom stereocenters. The molecule has 8 heavy (non-hydrogen) atoms. The summed E-state index contributed by atoms with van der Waals surface area (Å²) in [6.07, 6.45) is 2.31. The van der Waals surface area contributed by atoms with E-state index in [1.165, 1.54) is 0 Å². The van der Waals surface area contributed by atoms with Crippen LogP contribution in [0.3, 0.4) is 0 Å². The molecule has 0 spiro atoms. The third-order valence-electron chi connectivity index (χ3n) is 1.57. The van der Waals surface area contributed by atoms with Crippen molar-refractivity contribution in [3.8, 4) is 0 Å². The molecule has 0 aromatic rings. The summed E-state index contributed by atoms with van der Waals surface area (Å²) in [4.78, 5) is 0. The zero-order chi connectivity index (χ0) is 5.98. The Bertz CT molecular complexity index is 60.8. The van der Waals surface area contributed by atoms with Gasteiger partial charge in [-0.15, -0.1) is 0 Å². The summed E-state index contributed by atoms with van der Waals surface area (Å²) in [5.74, 6) is 0.465. The van der Waals surface area contributed by atoms with Gasteiger partial charge < -0.3 is 0 Å². The van der Waals surface area contributed by atoms with Crippen molar-refractivity contribution in [2.75, 3.05) is 13.1 Å². The number of piperidine rings is 1. The average Bonchev–Trinajstić information content (AvgIpc) is 1.77. The Morgan fingerprint density at radius 1 is 1.38 bits per heavy atom. The van der Waals surface area contributed by atoms with E-state index in [9.17, 15) is 0 Å². The molecular weight excluding hydrogens is 116 g/mol. The van der Waals surface area contributed by atoms with Crippen molar-refractivity contribution < 1.29 is 0 Å². The van der Waals surface area contributed by atoms with Gasteiger partial charge in [-0.3, -0.25) is 4.67 Å². The molecule has 0 aromatic heterocycles. The first-order valence-electron chi connectivity index (χ1n) is 3.04. The molecule has 0 amide bonds. The maximum atomic E-state index is 5.66. The second-order valence-corrected chi connectivity index (χ2v) is 3.10. The minimum Gasteiger partial charge on any atom is -0.287 e. The number of hydrogen-bond acceptors (Lipinski definition) is 1. The van der Waals surface area contributed by atoms with Gasteiger partial charge >= 0.3 is 0 Å². The molecule has 1 rings (SSSR count). The van der Waals surface area contributed by atoms with E-state index in [-0.39, 0.29) is 0 Å². The molecule has 44 valence electrons. The van der Waals surface area contributed by atoms with Crippen LogP contribution in [0.15, 0.2) is 0 Å². The fraction of sp³-hybridized carbons (Fsp3) is 1.00. The summed E-state index contributed by atoms with van der Waals surface area (Å²) in [6, 6.07) is 0. The summed E-state index contributed by atoms with van der Waals surface area (Å²) in [5, 5.41) is 0. The van der Waals surface area contributed by atoms with E-state index in [2.05, 4.69) is 14.1 Å². The van der Waals surface area contributed by atoms with Crippen molar-refractivity contribution in [2.45, 2.75) is 18.7 Å². The van der Waals surface area contributed by atoms with Crippen LogP contribution in [0, 0.1) is 0 Å². The van der Waals surface area contributed by atoms with Gasteiger partial charge in [-0.25, -0.2) is 0 Å². The van der Waals surface area contributed by atoms with Gasteiger partial charge in [-0.2, -0.15) is 0 Å². The predicted molar refractivity (Wildman–Crippen MR) is 40.0 cm³/mol. The summed E-state index contributed by atoms with van der Waals surface area (Å²) in [5.41, 5.74) is 0. The van der Waals surface area contributed by atoms with Crippen LogP contribution < -0.4 is 0 Å². The highest BCUT2D eigenvalue weighted by Gasteiger charge is 2.10. The largest absolute Gasteiger partial charge is 0.287 e. The Hall–Kier alpha value is 0.455. The third kappa shape index (κ3) is 1.76. The SMILES string of the molecule is [B]C1CCN(P)CC1. The summed E-state index contributed by atoms with van der Waals surface area (Å²) >= 11 is 0. The lowest BCUT2D eigenvalue weighted by atomic mass is 9.80. The van der Waals surface area contributed by atoms with Gasteiger partial charge in [0.1, 0.15) is 0 Å². The number of nitrogens with zero attached hydrogens (tertiary/aromatic N) is 1. The van der Waals surface area contributed by atoms with Gasteiger partial charge in [-0.1, -0.05) is 15.2 Å². The maximum Gasteiger partial charge on any atom is 0.0700 e. The molecular formula is C5H11BNP. The Morgan fingerprint density at radius 3 is 2.25 bits per heavy atom. The lowest BCUT2D eigenvalue weighted by Gasteiger charge is -2.26. The van der Waals surface area contributed by atoms with Gasteiger partial charge in [0.2, 0.25) is 0 Å². The molecule has 0 aliphatic carbocycles. The van der Waals surface area contributed by atoms with Crippen LogP contribution in [0.4, 0.5) is 0 Å². The molecule has 0 aromatic carbocycles. The lowest BCUT2D eigenvalue weighted by molar-refractivity contribution is 0.380. The van der Waals surface area contributed by atoms with E-state index < -0.39 is 0 Å². The fourth-order valence-electron chi connectivity index (χ4n) is 0.919. The smallest absolute Gasteiger partial charge is 0.0700 e. The monoisotopic (exact) mass is 127 g/mol. The van der Waals surface area contributed by atoms with Gasteiger partial charge in [0.15, 0.2) is 0 Å². The quantitative estimate of drug-likeness (QED) is 0.344. The van der Waals surface area contributed by atoms with Crippen LogP contribution >= 0.6 is 9.39 Å². The molecule has 3 heteroatoms. The van der Waals surface area contributed by atoms with Gasteiger partial charge in [0.25, 0.3) is 0 Å². The molecule has 1 aliphatic rings. The van der Waals surface area contributed by atoms with E-state index >= 15 is 0 Å². The van der Waals surface area contributed by atoms with Gasteiger partial charge in [0.05, 0.1) is 7.85 Å². The van der Waals surface area contributed by atoms with Crippen molar-refractivity contribution in [1.29, 1.82) is 0 Å².